The van der Waals surface area contributed by atoms with E-state index in [9.17, 15) is 12.8 Å². The lowest BCUT2D eigenvalue weighted by molar-refractivity contribution is 0.556. The van der Waals surface area contributed by atoms with Crippen molar-refractivity contribution in [2.45, 2.75) is 24.7 Å². The van der Waals surface area contributed by atoms with Crippen LogP contribution in [0.15, 0.2) is 53.4 Å². The molecule has 136 valence electrons. The summed E-state index contributed by atoms with van der Waals surface area (Å²) in [6.45, 7) is 2.11. The van der Waals surface area contributed by atoms with Crippen molar-refractivity contribution in [3.8, 4) is 0 Å². The van der Waals surface area contributed by atoms with Crippen molar-refractivity contribution in [1.29, 1.82) is 0 Å². The summed E-state index contributed by atoms with van der Waals surface area (Å²) in [5.74, 6) is 0.433. The molecule has 0 aliphatic rings. The van der Waals surface area contributed by atoms with E-state index in [1.165, 1.54) is 23.8 Å². The first-order chi connectivity index (χ1) is 12.4. The maximum Gasteiger partial charge on any atom is 0.243 e. The highest BCUT2D eigenvalue weighted by Gasteiger charge is 2.18. The molecule has 26 heavy (non-hydrogen) atoms. The normalized spacial score (nSPS) is 11.6. The van der Waals surface area contributed by atoms with Gasteiger partial charge >= 0.3 is 0 Å². The molecule has 0 unspecified atom stereocenters. The van der Waals surface area contributed by atoms with Gasteiger partial charge in [-0.1, -0.05) is 42.0 Å². The van der Waals surface area contributed by atoms with E-state index in [2.05, 4.69) is 19.9 Å². The van der Waals surface area contributed by atoms with Crippen LogP contribution in [0.3, 0.4) is 0 Å². The molecular formula is C18H19FN4O2S. The number of benzene rings is 2. The van der Waals surface area contributed by atoms with Gasteiger partial charge in [0.05, 0.1) is 0 Å². The average Bonchev–Trinajstić information content (AvgIpc) is 3.04. The van der Waals surface area contributed by atoms with Gasteiger partial charge in [-0.3, -0.25) is 5.10 Å². The van der Waals surface area contributed by atoms with E-state index in [0.29, 0.717) is 24.5 Å². The van der Waals surface area contributed by atoms with Gasteiger partial charge in [-0.25, -0.2) is 22.5 Å². The lowest BCUT2D eigenvalue weighted by Gasteiger charge is -2.06. The fraction of sp³-hybridized carbons (Fsp3) is 0.222. The van der Waals surface area contributed by atoms with Crippen LogP contribution in [0.1, 0.15) is 22.8 Å². The Kier molecular flexibility index (Phi) is 5.43. The fourth-order valence-electron chi connectivity index (χ4n) is 2.46. The monoisotopic (exact) mass is 374 g/mol. The Morgan fingerprint density at radius 1 is 1.12 bits per heavy atom. The molecule has 0 atom stereocenters. The van der Waals surface area contributed by atoms with Crippen molar-refractivity contribution in [2.75, 3.05) is 6.54 Å². The van der Waals surface area contributed by atoms with E-state index in [1.807, 2.05) is 31.2 Å². The summed E-state index contributed by atoms with van der Waals surface area (Å²) in [7, 11) is -3.90. The standard InChI is InChI=1S/C18H19FN4O2S/c1-13-6-8-14(9-7-13)12-18-21-17(22-23-18)10-11-20-26(24,25)16-5-3-2-4-15(16)19/h2-9,20H,10-12H2,1H3,(H,21,22,23). The number of aromatic nitrogens is 3. The van der Waals surface area contributed by atoms with Crippen LogP contribution < -0.4 is 4.72 Å². The summed E-state index contributed by atoms with van der Waals surface area (Å²) in [5.41, 5.74) is 2.30. The van der Waals surface area contributed by atoms with Gasteiger partial charge in [0.25, 0.3) is 0 Å². The molecule has 0 amide bonds. The second-order valence-electron chi connectivity index (χ2n) is 5.94. The minimum absolute atomic E-state index is 0.0818. The minimum atomic E-state index is -3.90. The Morgan fingerprint density at radius 2 is 1.85 bits per heavy atom. The molecule has 3 aromatic rings. The van der Waals surface area contributed by atoms with Gasteiger partial charge in [0.2, 0.25) is 10.0 Å². The molecule has 0 saturated heterocycles. The Hall–Kier alpha value is -2.58. The number of H-pyrrole nitrogens is 1. The van der Waals surface area contributed by atoms with Crippen LogP contribution in [0, 0.1) is 12.7 Å². The van der Waals surface area contributed by atoms with Gasteiger partial charge in [0.15, 0.2) is 5.82 Å². The number of hydrogen-bond acceptors (Lipinski definition) is 4. The van der Waals surface area contributed by atoms with Gasteiger partial charge in [-0.15, -0.1) is 0 Å². The SMILES string of the molecule is Cc1ccc(Cc2nc(CCNS(=O)(=O)c3ccccc3F)n[nH]2)cc1. The van der Waals surface area contributed by atoms with Crippen LogP contribution in [0.2, 0.25) is 0 Å². The topological polar surface area (TPSA) is 87.7 Å². The average molecular weight is 374 g/mol. The molecule has 0 aliphatic carbocycles. The van der Waals surface area contributed by atoms with Gasteiger partial charge < -0.3 is 0 Å². The number of hydrogen-bond donors (Lipinski definition) is 2. The summed E-state index contributed by atoms with van der Waals surface area (Å²) in [6, 6.07) is 13.4. The number of sulfonamides is 1. The highest BCUT2D eigenvalue weighted by atomic mass is 32.2. The first-order valence-electron chi connectivity index (χ1n) is 8.14. The summed E-state index contributed by atoms with van der Waals surface area (Å²) >= 11 is 0. The molecule has 1 aromatic heterocycles. The van der Waals surface area contributed by atoms with Crippen molar-refractivity contribution < 1.29 is 12.8 Å². The van der Waals surface area contributed by atoms with Crippen molar-refractivity contribution in [1.82, 2.24) is 19.9 Å². The zero-order valence-electron chi connectivity index (χ0n) is 14.2. The summed E-state index contributed by atoms with van der Waals surface area (Å²) in [5, 5.41) is 6.95. The molecule has 6 nitrogen and oxygen atoms in total. The maximum absolute atomic E-state index is 13.6. The molecular weight excluding hydrogens is 355 g/mol. The first kappa shape index (κ1) is 18.2. The molecule has 1 heterocycles. The van der Waals surface area contributed by atoms with E-state index in [0.717, 1.165) is 11.6 Å². The molecule has 8 heteroatoms. The van der Waals surface area contributed by atoms with E-state index in [1.54, 1.807) is 0 Å². The van der Waals surface area contributed by atoms with Crippen LogP contribution in [0.4, 0.5) is 4.39 Å². The predicted octanol–water partition coefficient (Wildman–Crippen LogP) is 2.36. The Bertz CT molecular complexity index is 984. The molecule has 0 spiro atoms. The van der Waals surface area contributed by atoms with Crippen LogP contribution >= 0.6 is 0 Å². The van der Waals surface area contributed by atoms with E-state index in [-0.39, 0.29) is 11.4 Å². The van der Waals surface area contributed by atoms with Crippen molar-refractivity contribution >= 4 is 10.0 Å². The van der Waals surface area contributed by atoms with Gasteiger partial charge in [0.1, 0.15) is 16.5 Å². The molecule has 3 rings (SSSR count). The molecule has 0 fully saturated rings. The molecule has 0 radical (unpaired) electrons. The highest BCUT2D eigenvalue weighted by molar-refractivity contribution is 7.89. The number of nitrogens with one attached hydrogen (secondary N) is 2. The third-order valence-corrected chi connectivity index (χ3v) is 5.33. The second kappa shape index (κ2) is 7.76. The van der Waals surface area contributed by atoms with Gasteiger partial charge in [0, 0.05) is 19.4 Å². The fourth-order valence-corrected chi connectivity index (χ4v) is 3.57. The number of nitrogens with zero attached hydrogens (tertiary/aromatic N) is 2. The Labute approximate surface area is 151 Å². The lowest BCUT2D eigenvalue weighted by atomic mass is 10.1. The number of aryl methyl sites for hydroxylation is 1. The summed E-state index contributed by atoms with van der Waals surface area (Å²) in [6.07, 6.45) is 0.923. The Morgan fingerprint density at radius 3 is 2.58 bits per heavy atom. The quantitative estimate of drug-likeness (QED) is 0.665. The van der Waals surface area contributed by atoms with Crippen LogP contribution in [0.5, 0.6) is 0 Å². The van der Waals surface area contributed by atoms with Crippen LogP contribution in [-0.2, 0) is 22.9 Å². The Balaban J connectivity index is 1.56. The predicted molar refractivity (Wildman–Crippen MR) is 95.7 cm³/mol. The smallest absolute Gasteiger partial charge is 0.243 e. The lowest BCUT2D eigenvalue weighted by Crippen LogP contribution is -2.27. The molecule has 0 aliphatic heterocycles. The van der Waals surface area contributed by atoms with Gasteiger partial charge in [-0.05, 0) is 24.6 Å². The highest BCUT2D eigenvalue weighted by Crippen LogP contribution is 2.13. The summed E-state index contributed by atoms with van der Waals surface area (Å²) < 4.78 is 40.2. The van der Waals surface area contributed by atoms with E-state index < -0.39 is 15.8 Å². The van der Waals surface area contributed by atoms with Crippen molar-refractivity contribution in [3.05, 3.63) is 77.1 Å². The van der Waals surface area contributed by atoms with E-state index >= 15 is 0 Å². The zero-order valence-corrected chi connectivity index (χ0v) is 15.1. The zero-order chi connectivity index (χ0) is 18.6. The van der Waals surface area contributed by atoms with Crippen molar-refractivity contribution in [3.63, 3.8) is 0 Å². The molecule has 2 aromatic carbocycles. The third-order valence-electron chi connectivity index (χ3n) is 3.84. The van der Waals surface area contributed by atoms with Crippen LogP contribution in [-0.4, -0.2) is 30.1 Å². The number of aromatic amines is 1. The largest absolute Gasteiger partial charge is 0.263 e. The van der Waals surface area contributed by atoms with Gasteiger partial charge in [-0.2, -0.15) is 5.10 Å². The number of rotatable bonds is 7. The molecule has 2 N–H and O–H groups in total. The number of halogens is 1. The van der Waals surface area contributed by atoms with Crippen molar-refractivity contribution in [2.24, 2.45) is 0 Å². The van der Waals surface area contributed by atoms with Crippen LogP contribution in [0.25, 0.3) is 0 Å². The maximum atomic E-state index is 13.6. The summed E-state index contributed by atoms with van der Waals surface area (Å²) in [4.78, 5) is 4.00. The third kappa shape index (κ3) is 4.53. The minimum Gasteiger partial charge on any atom is -0.263 e. The molecule has 0 saturated carbocycles. The molecule has 0 bridgehead atoms. The second-order valence-corrected chi connectivity index (χ2v) is 7.67. The van der Waals surface area contributed by atoms with E-state index in [4.69, 9.17) is 0 Å². The first-order valence-corrected chi connectivity index (χ1v) is 9.62.